The van der Waals surface area contributed by atoms with Crippen LogP contribution in [0, 0.1) is 5.41 Å². The first-order valence-corrected chi connectivity index (χ1v) is 5.76. The molecule has 1 aromatic rings. The highest BCUT2D eigenvalue weighted by molar-refractivity contribution is 6.32. The predicted molar refractivity (Wildman–Crippen MR) is 66.6 cm³/mol. The third-order valence-electron chi connectivity index (χ3n) is 2.00. The van der Waals surface area contributed by atoms with Gasteiger partial charge in [-0.3, -0.25) is 0 Å². The molecule has 0 aliphatic heterocycles. The molecule has 4 nitrogen and oxygen atoms in total. The second-order valence-electron chi connectivity index (χ2n) is 4.20. The first-order valence-electron chi connectivity index (χ1n) is 4.85. The summed E-state index contributed by atoms with van der Waals surface area (Å²) >= 11 is 11.8. The van der Waals surface area contributed by atoms with E-state index in [2.05, 4.69) is 29.1 Å². The van der Waals surface area contributed by atoms with Gasteiger partial charge < -0.3 is 10.1 Å². The Balaban J connectivity index is 2.73. The van der Waals surface area contributed by atoms with Gasteiger partial charge in [-0.2, -0.15) is 4.98 Å². The number of anilines is 1. The molecule has 0 saturated carbocycles. The molecule has 0 saturated heterocycles. The van der Waals surface area contributed by atoms with Gasteiger partial charge in [-0.25, -0.2) is 4.98 Å². The third-order valence-corrected chi connectivity index (χ3v) is 3.00. The van der Waals surface area contributed by atoms with Gasteiger partial charge in [0.2, 0.25) is 0 Å². The minimum Gasteiger partial charge on any atom is -0.467 e. The molecule has 0 aliphatic rings. The Morgan fingerprint density at radius 2 is 2.19 bits per heavy atom. The van der Waals surface area contributed by atoms with E-state index in [9.17, 15) is 0 Å². The standard InChI is InChI=1S/C10H15Cl2N3O/c1-10(2,5-11)6-14-8-7(12)4-13-9(15-8)16-3/h4H,5-6H2,1-3H3,(H,13,14,15). The van der Waals surface area contributed by atoms with Crippen molar-refractivity contribution in [3.05, 3.63) is 11.2 Å². The summed E-state index contributed by atoms with van der Waals surface area (Å²) in [6.45, 7) is 4.79. The molecule has 0 spiro atoms. The number of rotatable bonds is 5. The van der Waals surface area contributed by atoms with Crippen LogP contribution in [0.2, 0.25) is 5.02 Å². The summed E-state index contributed by atoms with van der Waals surface area (Å²) in [6, 6.07) is 0.288. The maximum Gasteiger partial charge on any atom is 0.318 e. The molecule has 1 rings (SSSR count). The topological polar surface area (TPSA) is 47.0 Å². The molecule has 16 heavy (non-hydrogen) atoms. The van der Waals surface area contributed by atoms with Crippen LogP contribution in [0.3, 0.4) is 0 Å². The minimum atomic E-state index is -0.0247. The van der Waals surface area contributed by atoms with Gasteiger partial charge in [0.15, 0.2) is 5.82 Å². The smallest absolute Gasteiger partial charge is 0.318 e. The second kappa shape index (κ2) is 5.55. The van der Waals surface area contributed by atoms with E-state index in [-0.39, 0.29) is 11.4 Å². The van der Waals surface area contributed by atoms with E-state index in [0.717, 1.165) is 0 Å². The van der Waals surface area contributed by atoms with Gasteiger partial charge in [-0.05, 0) is 5.41 Å². The molecule has 1 heterocycles. The minimum absolute atomic E-state index is 0.0247. The van der Waals surface area contributed by atoms with Gasteiger partial charge in [-0.15, -0.1) is 11.6 Å². The van der Waals surface area contributed by atoms with Crippen molar-refractivity contribution in [3.8, 4) is 6.01 Å². The van der Waals surface area contributed by atoms with E-state index in [1.165, 1.54) is 13.3 Å². The average molecular weight is 264 g/mol. The molecule has 1 aromatic heterocycles. The molecule has 0 fully saturated rings. The monoisotopic (exact) mass is 263 g/mol. The molecular weight excluding hydrogens is 249 g/mol. The first-order chi connectivity index (χ1) is 7.48. The molecule has 0 amide bonds. The van der Waals surface area contributed by atoms with Crippen molar-refractivity contribution >= 4 is 29.0 Å². The Morgan fingerprint density at radius 3 is 2.75 bits per heavy atom. The average Bonchev–Trinajstić information content (AvgIpc) is 2.28. The molecule has 90 valence electrons. The zero-order chi connectivity index (χ0) is 12.2. The van der Waals surface area contributed by atoms with E-state index in [0.29, 0.717) is 23.3 Å². The summed E-state index contributed by atoms with van der Waals surface area (Å²) in [5, 5.41) is 3.60. The summed E-state index contributed by atoms with van der Waals surface area (Å²) < 4.78 is 4.92. The Hall–Kier alpha value is -0.740. The SMILES string of the molecule is COc1ncc(Cl)c(NCC(C)(C)CCl)n1. The number of halogens is 2. The molecule has 6 heteroatoms. The van der Waals surface area contributed by atoms with Crippen molar-refractivity contribution < 1.29 is 4.74 Å². The lowest BCUT2D eigenvalue weighted by Crippen LogP contribution is -2.25. The van der Waals surface area contributed by atoms with Crippen molar-refractivity contribution in [1.29, 1.82) is 0 Å². The summed E-state index contributed by atoms with van der Waals surface area (Å²) in [5.41, 5.74) is -0.0247. The number of hydrogen-bond donors (Lipinski definition) is 1. The van der Waals surface area contributed by atoms with Crippen molar-refractivity contribution in [2.45, 2.75) is 13.8 Å². The maximum absolute atomic E-state index is 5.95. The highest BCUT2D eigenvalue weighted by atomic mass is 35.5. The van der Waals surface area contributed by atoms with Crippen molar-refractivity contribution in [2.24, 2.45) is 5.41 Å². The number of ether oxygens (including phenoxy) is 1. The van der Waals surface area contributed by atoms with Gasteiger partial charge in [0.05, 0.1) is 13.3 Å². The van der Waals surface area contributed by atoms with Gasteiger partial charge >= 0.3 is 6.01 Å². The number of nitrogens with one attached hydrogen (secondary N) is 1. The number of alkyl halides is 1. The fraction of sp³-hybridized carbons (Fsp3) is 0.600. The Bertz CT molecular complexity index is 358. The van der Waals surface area contributed by atoms with Crippen LogP contribution in [-0.4, -0.2) is 29.5 Å². The van der Waals surface area contributed by atoms with E-state index >= 15 is 0 Å². The number of aromatic nitrogens is 2. The lowest BCUT2D eigenvalue weighted by Gasteiger charge is -2.22. The van der Waals surface area contributed by atoms with E-state index in [1.807, 2.05) is 0 Å². The van der Waals surface area contributed by atoms with Crippen LogP contribution in [-0.2, 0) is 0 Å². The van der Waals surface area contributed by atoms with E-state index < -0.39 is 0 Å². The van der Waals surface area contributed by atoms with Gasteiger partial charge in [0.1, 0.15) is 5.02 Å². The highest BCUT2D eigenvalue weighted by Gasteiger charge is 2.17. The summed E-state index contributed by atoms with van der Waals surface area (Å²) in [6.07, 6.45) is 1.50. The second-order valence-corrected chi connectivity index (χ2v) is 4.88. The molecule has 0 atom stereocenters. The fourth-order valence-corrected chi connectivity index (χ4v) is 1.20. The van der Waals surface area contributed by atoms with E-state index in [1.54, 1.807) is 0 Å². The van der Waals surface area contributed by atoms with Crippen LogP contribution in [0.15, 0.2) is 6.20 Å². The van der Waals surface area contributed by atoms with Gasteiger partial charge in [-0.1, -0.05) is 25.4 Å². The van der Waals surface area contributed by atoms with Crippen LogP contribution >= 0.6 is 23.2 Å². The third kappa shape index (κ3) is 3.68. The number of nitrogens with zero attached hydrogens (tertiary/aromatic N) is 2. The van der Waals surface area contributed by atoms with Crippen LogP contribution in [0.1, 0.15) is 13.8 Å². The zero-order valence-electron chi connectivity index (χ0n) is 9.55. The zero-order valence-corrected chi connectivity index (χ0v) is 11.1. The van der Waals surface area contributed by atoms with Crippen LogP contribution in [0.4, 0.5) is 5.82 Å². The van der Waals surface area contributed by atoms with Crippen molar-refractivity contribution in [2.75, 3.05) is 24.9 Å². The number of hydrogen-bond acceptors (Lipinski definition) is 4. The molecule has 0 aromatic carbocycles. The quantitative estimate of drug-likeness (QED) is 0.831. The molecule has 0 aliphatic carbocycles. The largest absolute Gasteiger partial charge is 0.467 e. The van der Waals surface area contributed by atoms with Gasteiger partial charge in [0.25, 0.3) is 0 Å². The van der Waals surface area contributed by atoms with Crippen LogP contribution in [0.5, 0.6) is 6.01 Å². The van der Waals surface area contributed by atoms with Crippen molar-refractivity contribution in [3.63, 3.8) is 0 Å². The molecular formula is C10H15Cl2N3O. The maximum atomic E-state index is 5.95. The molecule has 1 N–H and O–H groups in total. The van der Waals surface area contributed by atoms with Crippen molar-refractivity contribution in [1.82, 2.24) is 9.97 Å². The van der Waals surface area contributed by atoms with E-state index in [4.69, 9.17) is 27.9 Å². The first kappa shape index (κ1) is 13.3. The molecule has 0 unspecified atom stereocenters. The van der Waals surface area contributed by atoms with Crippen LogP contribution in [0.25, 0.3) is 0 Å². The lowest BCUT2D eigenvalue weighted by atomic mass is 9.97. The lowest BCUT2D eigenvalue weighted by molar-refractivity contribution is 0.380. The Kier molecular flexibility index (Phi) is 4.62. The molecule has 0 bridgehead atoms. The number of methoxy groups -OCH3 is 1. The Labute approximate surface area is 105 Å². The predicted octanol–water partition coefficient (Wildman–Crippen LogP) is 2.82. The summed E-state index contributed by atoms with van der Waals surface area (Å²) in [5.74, 6) is 1.12. The normalized spacial score (nSPS) is 11.3. The van der Waals surface area contributed by atoms with Crippen LogP contribution < -0.4 is 10.1 Å². The highest BCUT2D eigenvalue weighted by Crippen LogP contribution is 2.23. The van der Waals surface area contributed by atoms with Gasteiger partial charge in [0, 0.05) is 12.4 Å². The summed E-state index contributed by atoms with van der Waals surface area (Å²) in [7, 11) is 1.51. The summed E-state index contributed by atoms with van der Waals surface area (Å²) in [4.78, 5) is 8.00. The molecule has 0 radical (unpaired) electrons. The fourth-order valence-electron chi connectivity index (χ4n) is 0.944. The Morgan fingerprint density at radius 1 is 1.50 bits per heavy atom.